The van der Waals surface area contributed by atoms with Crippen LogP contribution in [0.2, 0.25) is 0 Å². The van der Waals surface area contributed by atoms with Gasteiger partial charge in [0.1, 0.15) is 0 Å². The second kappa shape index (κ2) is 5.22. The van der Waals surface area contributed by atoms with E-state index in [1.807, 2.05) is 39.0 Å². The molecule has 2 aliphatic rings. The number of hydrogen-bond donors (Lipinski definition) is 1. The van der Waals surface area contributed by atoms with E-state index in [1.54, 1.807) is 0 Å². The maximum atomic E-state index is 12.2. The molecule has 1 aliphatic carbocycles. The molecule has 3 heteroatoms. The van der Waals surface area contributed by atoms with Crippen molar-refractivity contribution in [1.82, 2.24) is 4.90 Å². The molecular weight excluding hydrogens is 262 g/mol. The van der Waals surface area contributed by atoms with Crippen molar-refractivity contribution >= 4 is 5.78 Å². The summed E-state index contributed by atoms with van der Waals surface area (Å²) in [5.41, 5.74) is 2.10. The first-order chi connectivity index (χ1) is 9.88. The topological polar surface area (TPSA) is 40.5 Å². The summed E-state index contributed by atoms with van der Waals surface area (Å²) < 4.78 is 0. The van der Waals surface area contributed by atoms with Crippen LogP contribution in [0.4, 0.5) is 0 Å². The number of carbonyl (C=O) groups excluding carboxylic acids is 1. The van der Waals surface area contributed by atoms with Crippen molar-refractivity contribution in [2.45, 2.75) is 39.2 Å². The number of hydrogen-bond acceptors (Lipinski definition) is 3. The Morgan fingerprint density at radius 3 is 2.62 bits per heavy atom. The number of aliphatic hydroxyl groups is 1. The van der Waals surface area contributed by atoms with Gasteiger partial charge in [0.25, 0.3) is 0 Å². The molecule has 21 heavy (non-hydrogen) atoms. The molecule has 1 saturated heterocycles. The molecule has 0 spiro atoms. The van der Waals surface area contributed by atoms with Crippen LogP contribution in [0.5, 0.6) is 0 Å². The van der Waals surface area contributed by atoms with E-state index in [-0.39, 0.29) is 11.5 Å². The molecule has 0 aromatic heterocycles. The smallest absolute Gasteiger partial charge is 0.152 e. The fourth-order valence-electron chi connectivity index (χ4n) is 3.68. The van der Waals surface area contributed by atoms with Gasteiger partial charge in [0.2, 0.25) is 0 Å². The number of piperidine rings is 1. The Morgan fingerprint density at radius 2 is 1.95 bits per heavy atom. The van der Waals surface area contributed by atoms with Gasteiger partial charge in [-0.1, -0.05) is 45.0 Å². The molecule has 1 N–H and O–H groups in total. The Labute approximate surface area is 127 Å². The van der Waals surface area contributed by atoms with E-state index >= 15 is 0 Å². The first-order valence-electron chi connectivity index (χ1n) is 7.90. The zero-order valence-electron chi connectivity index (χ0n) is 13.2. The van der Waals surface area contributed by atoms with Gasteiger partial charge in [-0.2, -0.15) is 0 Å². The van der Waals surface area contributed by atoms with Gasteiger partial charge in [-0.25, -0.2) is 0 Å². The van der Waals surface area contributed by atoms with E-state index in [0.29, 0.717) is 24.2 Å². The fourth-order valence-corrected chi connectivity index (χ4v) is 3.68. The summed E-state index contributed by atoms with van der Waals surface area (Å²) in [7, 11) is 0. The summed E-state index contributed by atoms with van der Waals surface area (Å²) in [6, 6.07) is 8.23. The Morgan fingerprint density at radius 1 is 1.29 bits per heavy atom. The van der Waals surface area contributed by atoms with Crippen LogP contribution in [-0.4, -0.2) is 35.4 Å². The lowest BCUT2D eigenvalue weighted by Gasteiger charge is -2.37. The van der Waals surface area contributed by atoms with E-state index in [1.165, 1.54) is 5.56 Å². The third kappa shape index (κ3) is 2.65. The van der Waals surface area contributed by atoms with Crippen molar-refractivity contribution in [2.75, 3.05) is 19.6 Å². The highest BCUT2D eigenvalue weighted by molar-refractivity contribution is 5.85. The Balaban J connectivity index is 1.75. The standard InChI is InChI=1S/C18H25NO2/c1-18(2,3)16(20)11-19-9-8-14-15(10-19)12-6-4-5-7-13(12)17(14)21/h4-7,14-15,17,21H,8-11H2,1-3H3. The average Bonchev–Trinajstić information content (AvgIpc) is 2.72. The highest BCUT2D eigenvalue weighted by Gasteiger charge is 2.43. The lowest BCUT2D eigenvalue weighted by atomic mass is 9.84. The minimum absolute atomic E-state index is 0.274. The van der Waals surface area contributed by atoms with Gasteiger partial charge in [-0.05, 0) is 30.0 Å². The number of nitrogens with zero attached hydrogens (tertiary/aromatic N) is 1. The predicted octanol–water partition coefficient (Wildman–Crippen LogP) is 2.75. The highest BCUT2D eigenvalue weighted by atomic mass is 16.3. The van der Waals surface area contributed by atoms with Gasteiger partial charge in [0.05, 0.1) is 12.6 Å². The predicted molar refractivity (Wildman–Crippen MR) is 83.2 cm³/mol. The molecule has 0 bridgehead atoms. The number of fused-ring (bicyclic) bond motifs is 3. The van der Waals surface area contributed by atoms with E-state index in [0.717, 1.165) is 25.1 Å². The molecule has 1 aromatic rings. The largest absolute Gasteiger partial charge is 0.388 e. The monoisotopic (exact) mass is 287 g/mol. The number of benzene rings is 1. The third-order valence-corrected chi connectivity index (χ3v) is 5.07. The second-order valence-electron chi connectivity index (χ2n) is 7.54. The summed E-state index contributed by atoms with van der Waals surface area (Å²) in [5, 5.41) is 10.5. The minimum atomic E-state index is -0.327. The minimum Gasteiger partial charge on any atom is -0.388 e. The van der Waals surface area contributed by atoms with Gasteiger partial charge in [0, 0.05) is 17.9 Å². The molecular formula is C18H25NO2. The lowest BCUT2D eigenvalue weighted by molar-refractivity contribution is -0.128. The quantitative estimate of drug-likeness (QED) is 0.909. The summed E-state index contributed by atoms with van der Waals surface area (Å²) in [6.07, 6.45) is 0.643. The van der Waals surface area contributed by atoms with E-state index < -0.39 is 0 Å². The average molecular weight is 287 g/mol. The van der Waals surface area contributed by atoms with E-state index in [4.69, 9.17) is 0 Å². The molecule has 1 heterocycles. The number of Topliss-reactive ketones (excluding diaryl/α,β-unsaturated/α-hetero) is 1. The molecule has 3 rings (SSSR count). The SMILES string of the molecule is CC(C)(C)C(=O)CN1CCC2C(O)c3ccccc3C2C1. The van der Waals surface area contributed by atoms with Gasteiger partial charge in [-0.3, -0.25) is 9.69 Å². The van der Waals surface area contributed by atoms with Crippen LogP contribution in [0.3, 0.4) is 0 Å². The lowest BCUT2D eigenvalue weighted by Crippen LogP contribution is -2.43. The maximum Gasteiger partial charge on any atom is 0.152 e. The number of aliphatic hydroxyl groups excluding tert-OH is 1. The van der Waals surface area contributed by atoms with Crippen LogP contribution < -0.4 is 0 Å². The van der Waals surface area contributed by atoms with Crippen molar-refractivity contribution in [3.8, 4) is 0 Å². The van der Waals surface area contributed by atoms with Crippen LogP contribution >= 0.6 is 0 Å². The number of likely N-dealkylation sites (tertiary alicyclic amines) is 1. The van der Waals surface area contributed by atoms with Crippen molar-refractivity contribution in [1.29, 1.82) is 0 Å². The Hall–Kier alpha value is -1.19. The van der Waals surface area contributed by atoms with Crippen LogP contribution in [0.1, 0.15) is 50.3 Å². The number of carbonyl (C=O) groups is 1. The number of ketones is 1. The Kier molecular flexibility index (Phi) is 3.66. The van der Waals surface area contributed by atoms with Gasteiger partial charge < -0.3 is 5.11 Å². The van der Waals surface area contributed by atoms with Gasteiger partial charge >= 0.3 is 0 Å². The van der Waals surface area contributed by atoms with Crippen LogP contribution in [0.15, 0.2) is 24.3 Å². The molecule has 0 radical (unpaired) electrons. The summed E-state index contributed by atoms with van der Waals surface area (Å²) in [5.74, 6) is 0.994. The molecule has 0 saturated carbocycles. The highest BCUT2D eigenvalue weighted by Crippen LogP contribution is 2.48. The van der Waals surface area contributed by atoms with Crippen molar-refractivity contribution in [2.24, 2.45) is 11.3 Å². The molecule has 1 fully saturated rings. The van der Waals surface area contributed by atoms with Gasteiger partial charge in [-0.15, -0.1) is 0 Å². The maximum absolute atomic E-state index is 12.2. The third-order valence-electron chi connectivity index (χ3n) is 5.07. The van der Waals surface area contributed by atoms with Crippen molar-refractivity contribution < 1.29 is 9.90 Å². The molecule has 114 valence electrons. The Bertz CT molecular complexity index is 546. The molecule has 1 aromatic carbocycles. The summed E-state index contributed by atoms with van der Waals surface area (Å²) in [4.78, 5) is 14.5. The van der Waals surface area contributed by atoms with Crippen LogP contribution in [0, 0.1) is 11.3 Å². The summed E-state index contributed by atoms with van der Waals surface area (Å²) in [6.45, 7) is 8.28. The molecule has 0 amide bonds. The fraction of sp³-hybridized carbons (Fsp3) is 0.611. The second-order valence-corrected chi connectivity index (χ2v) is 7.54. The van der Waals surface area contributed by atoms with Crippen molar-refractivity contribution in [3.05, 3.63) is 35.4 Å². The molecule has 3 unspecified atom stereocenters. The van der Waals surface area contributed by atoms with E-state index in [9.17, 15) is 9.90 Å². The first-order valence-corrected chi connectivity index (χ1v) is 7.90. The zero-order chi connectivity index (χ0) is 15.2. The first kappa shape index (κ1) is 14.7. The van der Waals surface area contributed by atoms with Gasteiger partial charge in [0.15, 0.2) is 5.78 Å². The van der Waals surface area contributed by atoms with Crippen LogP contribution in [0.25, 0.3) is 0 Å². The molecule has 3 nitrogen and oxygen atoms in total. The summed E-state index contributed by atoms with van der Waals surface area (Å²) >= 11 is 0. The zero-order valence-corrected chi connectivity index (χ0v) is 13.2. The van der Waals surface area contributed by atoms with Crippen molar-refractivity contribution in [3.63, 3.8) is 0 Å². The number of rotatable bonds is 2. The van der Waals surface area contributed by atoms with Crippen LogP contribution in [-0.2, 0) is 4.79 Å². The molecule has 3 atom stereocenters. The normalized spacial score (nSPS) is 29.0. The molecule has 1 aliphatic heterocycles. The van der Waals surface area contributed by atoms with E-state index in [2.05, 4.69) is 11.0 Å².